The zero-order valence-electron chi connectivity index (χ0n) is 11.2. The average molecular weight is 256 g/mol. The van der Waals surface area contributed by atoms with Crippen LogP contribution in [0.2, 0.25) is 0 Å². The predicted molar refractivity (Wildman–Crippen MR) is 73.0 cm³/mol. The van der Waals surface area contributed by atoms with Crippen molar-refractivity contribution in [3.63, 3.8) is 0 Å². The highest BCUT2D eigenvalue weighted by Gasteiger charge is 2.38. The minimum atomic E-state index is -1.10. The van der Waals surface area contributed by atoms with Crippen LogP contribution >= 0.6 is 0 Å². The average Bonchev–Trinajstić information content (AvgIpc) is 2.85. The summed E-state index contributed by atoms with van der Waals surface area (Å²) >= 11 is 0. The van der Waals surface area contributed by atoms with Crippen LogP contribution in [0.5, 0.6) is 0 Å². The van der Waals surface area contributed by atoms with Gasteiger partial charge in [-0.05, 0) is 23.8 Å². The first-order valence-electron chi connectivity index (χ1n) is 6.87. The van der Waals surface area contributed by atoms with Gasteiger partial charge in [-0.1, -0.05) is 44.2 Å². The van der Waals surface area contributed by atoms with Gasteiger partial charge in [-0.3, -0.25) is 0 Å². The summed E-state index contributed by atoms with van der Waals surface area (Å²) in [4.78, 5) is 11.3. The van der Waals surface area contributed by atoms with Gasteiger partial charge in [0, 0.05) is 23.2 Å². The molecule has 0 saturated carbocycles. The summed E-state index contributed by atoms with van der Waals surface area (Å²) in [5, 5.41) is 14.7. The number of allylic oxidation sites excluding steroid dienone is 2. The highest BCUT2D eigenvalue weighted by atomic mass is 16.4. The van der Waals surface area contributed by atoms with E-state index in [2.05, 4.69) is 31.3 Å². The lowest BCUT2D eigenvalue weighted by Gasteiger charge is -2.40. The first-order valence-corrected chi connectivity index (χ1v) is 6.87. The summed E-state index contributed by atoms with van der Waals surface area (Å²) < 4.78 is 0. The molecule has 1 N–H and O–H groups in total. The van der Waals surface area contributed by atoms with Crippen molar-refractivity contribution in [2.75, 3.05) is 5.32 Å². The van der Waals surface area contributed by atoms with Gasteiger partial charge in [-0.15, -0.1) is 0 Å². The summed E-state index contributed by atoms with van der Waals surface area (Å²) in [5.74, 6) is 0.232. The Balaban J connectivity index is 2.13. The molecule has 0 fully saturated rings. The zero-order valence-corrected chi connectivity index (χ0v) is 11.2. The number of hydrogen-bond donors (Lipinski definition) is 1. The molecule has 1 aliphatic carbocycles. The smallest absolute Gasteiger partial charge is 0.0736 e. The summed E-state index contributed by atoms with van der Waals surface area (Å²) in [6.07, 6.45) is 5.50. The highest BCUT2D eigenvalue weighted by molar-refractivity contribution is 5.94. The number of carbonyl (C=O) groups excluding carboxylic acids is 1. The Labute approximate surface area is 113 Å². The normalized spacial score (nSPS) is 27.8. The van der Waals surface area contributed by atoms with Gasteiger partial charge in [0.25, 0.3) is 0 Å². The van der Waals surface area contributed by atoms with E-state index in [0.29, 0.717) is 23.8 Å². The lowest BCUT2D eigenvalue weighted by molar-refractivity contribution is -0.254. The number of fused-ring (bicyclic) bond motifs is 3. The molecule has 2 aliphatic rings. The molecule has 0 saturated heterocycles. The maximum Gasteiger partial charge on any atom is 0.0736 e. The van der Waals surface area contributed by atoms with Crippen LogP contribution < -0.4 is 10.4 Å². The Morgan fingerprint density at radius 2 is 2.21 bits per heavy atom. The first kappa shape index (κ1) is 12.3. The van der Waals surface area contributed by atoms with Crippen LogP contribution in [0.3, 0.4) is 0 Å². The van der Waals surface area contributed by atoms with Gasteiger partial charge in [-0.2, -0.15) is 0 Å². The predicted octanol–water partition coefficient (Wildman–Crippen LogP) is 2.16. The van der Waals surface area contributed by atoms with Crippen molar-refractivity contribution < 1.29 is 9.90 Å². The number of rotatable bonds is 2. The van der Waals surface area contributed by atoms with Crippen molar-refractivity contribution >= 4 is 11.7 Å². The minimum absolute atomic E-state index is 0.280. The van der Waals surface area contributed by atoms with Crippen molar-refractivity contribution in [2.24, 2.45) is 11.8 Å². The third kappa shape index (κ3) is 1.84. The molecular weight excluding hydrogens is 238 g/mol. The summed E-state index contributed by atoms with van der Waals surface area (Å²) in [6, 6.07) is 5.77. The van der Waals surface area contributed by atoms with Crippen LogP contribution in [0.1, 0.15) is 42.1 Å². The van der Waals surface area contributed by atoms with Crippen LogP contribution in [-0.2, 0) is 0 Å². The molecule has 1 aromatic rings. The number of carboxylic acid groups (broad SMARTS) is 1. The number of para-hydroxylation sites is 1. The molecule has 3 heteroatoms. The van der Waals surface area contributed by atoms with Gasteiger partial charge in [0.15, 0.2) is 0 Å². The number of benzene rings is 1. The van der Waals surface area contributed by atoms with E-state index in [-0.39, 0.29) is 5.56 Å². The van der Waals surface area contributed by atoms with E-state index in [1.807, 2.05) is 12.1 Å². The molecule has 1 aliphatic heterocycles. The molecule has 0 bridgehead atoms. The molecule has 0 spiro atoms. The number of carbonyl (C=O) groups is 1. The Hall–Kier alpha value is -1.77. The molecule has 3 atom stereocenters. The van der Waals surface area contributed by atoms with Crippen LogP contribution in [-0.4, -0.2) is 12.0 Å². The van der Waals surface area contributed by atoms with E-state index in [1.165, 1.54) is 0 Å². The van der Waals surface area contributed by atoms with Gasteiger partial charge >= 0.3 is 0 Å². The second-order valence-electron chi connectivity index (χ2n) is 5.82. The van der Waals surface area contributed by atoms with Crippen LogP contribution in [0.25, 0.3) is 0 Å². The van der Waals surface area contributed by atoms with Gasteiger partial charge < -0.3 is 15.2 Å². The van der Waals surface area contributed by atoms with Crippen LogP contribution in [0, 0.1) is 11.8 Å². The lowest BCUT2D eigenvalue weighted by Crippen LogP contribution is -2.40. The molecule has 3 nitrogen and oxygen atoms in total. The Morgan fingerprint density at radius 1 is 1.42 bits per heavy atom. The number of hydrogen-bond acceptors (Lipinski definition) is 3. The second kappa shape index (κ2) is 4.41. The van der Waals surface area contributed by atoms with E-state index in [9.17, 15) is 9.90 Å². The van der Waals surface area contributed by atoms with Gasteiger partial charge in [0.05, 0.1) is 5.97 Å². The molecular formula is C16H18NO2-. The molecule has 0 aromatic heterocycles. The number of carboxylic acids is 1. The molecule has 3 rings (SSSR count). The van der Waals surface area contributed by atoms with Crippen LogP contribution in [0.4, 0.5) is 5.69 Å². The summed E-state index contributed by atoms with van der Waals surface area (Å²) in [6.45, 7) is 4.36. The monoisotopic (exact) mass is 256 g/mol. The van der Waals surface area contributed by atoms with E-state index < -0.39 is 5.97 Å². The maximum absolute atomic E-state index is 11.3. The molecule has 0 radical (unpaired) electrons. The molecule has 1 aromatic carbocycles. The molecule has 19 heavy (non-hydrogen) atoms. The molecule has 1 heterocycles. The fourth-order valence-corrected chi connectivity index (χ4v) is 3.49. The maximum atomic E-state index is 11.3. The molecule has 100 valence electrons. The highest BCUT2D eigenvalue weighted by Crippen LogP contribution is 2.47. The van der Waals surface area contributed by atoms with Gasteiger partial charge in [-0.25, -0.2) is 0 Å². The van der Waals surface area contributed by atoms with Gasteiger partial charge in [0.2, 0.25) is 0 Å². The Morgan fingerprint density at radius 3 is 2.89 bits per heavy atom. The SMILES string of the molecule is CC(C)[C@@H]1Nc2c(C(=O)[O-])cccc2[C@H]2C=CC[C@H]21. The van der Waals surface area contributed by atoms with E-state index >= 15 is 0 Å². The number of anilines is 1. The van der Waals surface area contributed by atoms with E-state index in [4.69, 9.17) is 0 Å². The zero-order chi connectivity index (χ0) is 13.6. The van der Waals surface area contributed by atoms with E-state index in [0.717, 1.165) is 17.7 Å². The standard InChI is InChI=1S/C16H19NO2/c1-9(2)14-11-6-3-5-10(11)12-7-4-8-13(16(18)19)15(12)17-14/h3-5,7-11,14,17H,6H2,1-2H3,(H,18,19)/p-1/t10-,11+,14-/m0/s1. The fraction of sp³-hybridized carbons (Fsp3) is 0.438. The summed E-state index contributed by atoms with van der Waals surface area (Å²) in [5.41, 5.74) is 2.13. The summed E-state index contributed by atoms with van der Waals surface area (Å²) in [7, 11) is 0. The van der Waals surface area contributed by atoms with Crippen molar-refractivity contribution in [3.8, 4) is 0 Å². The fourth-order valence-electron chi connectivity index (χ4n) is 3.49. The Kier molecular flexibility index (Phi) is 2.85. The lowest BCUT2D eigenvalue weighted by atomic mass is 9.75. The topological polar surface area (TPSA) is 52.2 Å². The van der Waals surface area contributed by atoms with Crippen LogP contribution in [0.15, 0.2) is 30.4 Å². The number of nitrogens with one attached hydrogen (secondary N) is 1. The Bertz CT molecular complexity index is 548. The minimum Gasteiger partial charge on any atom is -0.545 e. The van der Waals surface area contributed by atoms with E-state index in [1.54, 1.807) is 6.07 Å². The van der Waals surface area contributed by atoms with Crippen molar-refractivity contribution in [1.82, 2.24) is 0 Å². The van der Waals surface area contributed by atoms with Gasteiger partial charge in [0.1, 0.15) is 0 Å². The van der Waals surface area contributed by atoms with Crippen molar-refractivity contribution in [1.29, 1.82) is 0 Å². The quantitative estimate of drug-likeness (QED) is 0.825. The third-order valence-electron chi connectivity index (χ3n) is 4.38. The van der Waals surface area contributed by atoms with Crippen molar-refractivity contribution in [3.05, 3.63) is 41.5 Å². The largest absolute Gasteiger partial charge is 0.545 e. The molecule has 0 unspecified atom stereocenters. The molecule has 0 amide bonds. The second-order valence-corrected chi connectivity index (χ2v) is 5.82. The van der Waals surface area contributed by atoms with Crippen molar-refractivity contribution in [2.45, 2.75) is 32.2 Å². The number of aromatic carboxylic acids is 1. The first-order chi connectivity index (χ1) is 9.09. The third-order valence-corrected chi connectivity index (χ3v) is 4.38.